The van der Waals surface area contributed by atoms with Gasteiger partial charge in [0.05, 0.1) is 0 Å². The first-order chi connectivity index (χ1) is 8.16. The van der Waals surface area contributed by atoms with Gasteiger partial charge in [-0.3, -0.25) is 4.98 Å². The van der Waals surface area contributed by atoms with E-state index in [1.54, 1.807) is 0 Å². The standard InChI is InChI=1S/C12H17BrN2S2/c1-8-12(17-5-4-16-8)11(14)6-10-3-2-9(13)7-15-10/h2-3,7-8,11-12H,4-6,14H2,1H3. The molecule has 5 heteroatoms. The third-order valence-corrected chi connectivity index (χ3v) is 6.63. The van der Waals surface area contributed by atoms with Crippen LogP contribution in [0.1, 0.15) is 12.6 Å². The summed E-state index contributed by atoms with van der Waals surface area (Å²) in [4.78, 5) is 4.40. The summed E-state index contributed by atoms with van der Waals surface area (Å²) in [5.41, 5.74) is 7.41. The molecule has 0 spiro atoms. The summed E-state index contributed by atoms with van der Waals surface area (Å²) in [7, 11) is 0. The highest BCUT2D eigenvalue weighted by atomic mass is 79.9. The first-order valence-electron chi connectivity index (χ1n) is 5.76. The monoisotopic (exact) mass is 332 g/mol. The summed E-state index contributed by atoms with van der Waals surface area (Å²) >= 11 is 7.45. The number of hydrogen-bond acceptors (Lipinski definition) is 4. The van der Waals surface area contributed by atoms with E-state index in [-0.39, 0.29) is 6.04 Å². The maximum Gasteiger partial charge on any atom is 0.0420 e. The zero-order valence-electron chi connectivity index (χ0n) is 9.80. The smallest absolute Gasteiger partial charge is 0.0420 e. The van der Waals surface area contributed by atoms with E-state index >= 15 is 0 Å². The van der Waals surface area contributed by atoms with Crippen molar-refractivity contribution in [3.8, 4) is 0 Å². The highest BCUT2D eigenvalue weighted by Crippen LogP contribution is 2.33. The van der Waals surface area contributed by atoms with Crippen molar-refractivity contribution in [1.29, 1.82) is 0 Å². The Morgan fingerprint density at radius 1 is 1.47 bits per heavy atom. The van der Waals surface area contributed by atoms with Crippen LogP contribution in [-0.2, 0) is 6.42 Å². The molecule has 1 fully saturated rings. The number of thioether (sulfide) groups is 2. The third kappa shape index (κ3) is 3.88. The molecule has 3 atom stereocenters. The molecule has 94 valence electrons. The summed E-state index contributed by atoms with van der Waals surface area (Å²) in [6.45, 7) is 2.29. The van der Waals surface area contributed by atoms with E-state index in [1.165, 1.54) is 11.5 Å². The Morgan fingerprint density at radius 2 is 2.24 bits per heavy atom. The molecule has 0 aliphatic carbocycles. The second-order valence-electron chi connectivity index (χ2n) is 4.25. The first-order valence-corrected chi connectivity index (χ1v) is 8.65. The minimum atomic E-state index is 0.205. The molecule has 2 heterocycles. The van der Waals surface area contributed by atoms with Crippen molar-refractivity contribution in [2.75, 3.05) is 11.5 Å². The summed E-state index contributed by atoms with van der Waals surface area (Å²) in [5, 5.41) is 1.21. The average Bonchev–Trinajstić information content (AvgIpc) is 2.32. The summed E-state index contributed by atoms with van der Waals surface area (Å²) in [5.74, 6) is 2.48. The van der Waals surface area contributed by atoms with Crippen LogP contribution >= 0.6 is 39.5 Å². The molecule has 1 aromatic rings. The number of rotatable bonds is 3. The molecule has 2 nitrogen and oxygen atoms in total. The molecule has 0 radical (unpaired) electrons. The normalized spacial score (nSPS) is 26.8. The van der Waals surface area contributed by atoms with Gasteiger partial charge in [0.15, 0.2) is 0 Å². The lowest BCUT2D eigenvalue weighted by Gasteiger charge is -2.32. The van der Waals surface area contributed by atoms with Gasteiger partial charge >= 0.3 is 0 Å². The van der Waals surface area contributed by atoms with Gasteiger partial charge in [-0.25, -0.2) is 0 Å². The molecule has 17 heavy (non-hydrogen) atoms. The largest absolute Gasteiger partial charge is 0.326 e. The molecule has 1 aliphatic heterocycles. The molecule has 1 aromatic heterocycles. The van der Waals surface area contributed by atoms with E-state index in [4.69, 9.17) is 5.73 Å². The van der Waals surface area contributed by atoms with Crippen LogP contribution in [0.3, 0.4) is 0 Å². The lowest BCUT2D eigenvalue weighted by atomic mass is 10.1. The molecule has 1 saturated heterocycles. The fourth-order valence-electron chi connectivity index (χ4n) is 2.01. The fraction of sp³-hybridized carbons (Fsp3) is 0.583. The third-order valence-electron chi connectivity index (χ3n) is 2.89. The van der Waals surface area contributed by atoms with Crippen molar-refractivity contribution in [3.63, 3.8) is 0 Å². The summed E-state index contributed by atoms with van der Waals surface area (Å²) in [6, 6.07) is 4.28. The Hall–Kier alpha value is 0.290. The molecule has 0 bridgehead atoms. The van der Waals surface area contributed by atoms with Crippen LogP contribution in [-0.4, -0.2) is 33.0 Å². The molecular formula is C12H17BrN2S2. The molecule has 0 saturated carbocycles. The van der Waals surface area contributed by atoms with Gasteiger partial charge in [0.25, 0.3) is 0 Å². The van der Waals surface area contributed by atoms with Crippen LogP contribution < -0.4 is 5.73 Å². The number of pyridine rings is 1. The van der Waals surface area contributed by atoms with Crippen LogP contribution in [0.2, 0.25) is 0 Å². The Balaban J connectivity index is 1.95. The predicted octanol–water partition coefficient (Wildman–Crippen LogP) is 2.95. The number of nitrogens with two attached hydrogens (primary N) is 1. The van der Waals surface area contributed by atoms with Gasteiger partial charge in [-0.15, -0.1) is 0 Å². The molecule has 2 N–H and O–H groups in total. The first kappa shape index (κ1) is 13.7. The van der Waals surface area contributed by atoms with E-state index < -0.39 is 0 Å². The van der Waals surface area contributed by atoms with Gasteiger partial charge in [-0.05, 0) is 28.1 Å². The van der Waals surface area contributed by atoms with Crippen molar-refractivity contribution in [2.24, 2.45) is 5.73 Å². The molecular weight excluding hydrogens is 316 g/mol. The summed E-state index contributed by atoms with van der Waals surface area (Å²) < 4.78 is 1.02. The van der Waals surface area contributed by atoms with E-state index in [1.807, 2.05) is 35.8 Å². The second kappa shape index (κ2) is 6.45. The maximum absolute atomic E-state index is 6.32. The van der Waals surface area contributed by atoms with Gasteiger partial charge in [-0.1, -0.05) is 6.92 Å². The number of halogens is 1. The van der Waals surface area contributed by atoms with Crippen LogP contribution in [0.4, 0.5) is 0 Å². The van der Waals surface area contributed by atoms with Crippen molar-refractivity contribution >= 4 is 39.5 Å². The summed E-state index contributed by atoms with van der Waals surface area (Å²) in [6.07, 6.45) is 2.71. The Bertz CT molecular complexity index is 358. The minimum Gasteiger partial charge on any atom is -0.326 e. The number of nitrogens with zero attached hydrogens (tertiary/aromatic N) is 1. The van der Waals surface area contributed by atoms with Crippen molar-refractivity contribution in [2.45, 2.75) is 29.9 Å². The Kier molecular flexibility index (Phi) is 5.21. The Morgan fingerprint density at radius 3 is 2.88 bits per heavy atom. The zero-order valence-corrected chi connectivity index (χ0v) is 13.0. The molecule has 3 unspecified atom stereocenters. The molecule has 0 aromatic carbocycles. The zero-order chi connectivity index (χ0) is 12.3. The van der Waals surface area contributed by atoms with Crippen LogP contribution in [0.15, 0.2) is 22.8 Å². The number of hydrogen-bond donors (Lipinski definition) is 1. The van der Waals surface area contributed by atoms with E-state index in [0.29, 0.717) is 10.5 Å². The van der Waals surface area contributed by atoms with Crippen LogP contribution in [0.25, 0.3) is 0 Å². The highest BCUT2D eigenvalue weighted by molar-refractivity contribution is 9.10. The highest BCUT2D eigenvalue weighted by Gasteiger charge is 2.28. The maximum atomic E-state index is 6.32. The van der Waals surface area contributed by atoms with Crippen molar-refractivity contribution < 1.29 is 0 Å². The topological polar surface area (TPSA) is 38.9 Å². The van der Waals surface area contributed by atoms with Crippen molar-refractivity contribution in [3.05, 3.63) is 28.5 Å². The Labute approximate surface area is 120 Å². The van der Waals surface area contributed by atoms with Gasteiger partial charge in [-0.2, -0.15) is 23.5 Å². The van der Waals surface area contributed by atoms with Gasteiger partial charge < -0.3 is 5.73 Å². The average molecular weight is 333 g/mol. The van der Waals surface area contributed by atoms with Crippen LogP contribution in [0.5, 0.6) is 0 Å². The number of aromatic nitrogens is 1. The fourth-order valence-corrected chi connectivity index (χ4v) is 5.13. The quantitative estimate of drug-likeness (QED) is 0.923. The second-order valence-corrected chi connectivity index (χ2v) is 7.93. The lowest BCUT2D eigenvalue weighted by molar-refractivity contribution is 0.614. The van der Waals surface area contributed by atoms with E-state index in [9.17, 15) is 0 Å². The van der Waals surface area contributed by atoms with Gasteiger partial charge in [0.2, 0.25) is 0 Å². The lowest BCUT2D eigenvalue weighted by Crippen LogP contribution is -2.42. The van der Waals surface area contributed by atoms with E-state index in [0.717, 1.165) is 16.6 Å². The van der Waals surface area contributed by atoms with Gasteiger partial charge in [0, 0.05) is 50.8 Å². The van der Waals surface area contributed by atoms with E-state index in [2.05, 4.69) is 33.9 Å². The molecule has 1 aliphatic rings. The van der Waals surface area contributed by atoms with Gasteiger partial charge in [0.1, 0.15) is 0 Å². The molecule has 0 amide bonds. The van der Waals surface area contributed by atoms with Crippen LogP contribution in [0, 0.1) is 0 Å². The predicted molar refractivity (Wildman–Crippen MR) is 81.8 cm³/mol. The van der Waals surface area contributed by atoms with Crippen molar-refractivity contribution in [1.82, 2.24) is 4.98 Å². The SMILES string of the molecule is CC1SCCSC1C(N)Cc1ccc(Br)cn1. The molecule has 2 rings (SSSR count). The minimum absolute atomic E-state index is 0.205.